The van der Waals surface area contributed by atoms with Crippen LogP contribution in [0.5, 0.6) is 0 Å². The van der Waals surface area contributed by atoms with Gasteiger partial charge in [0.25, 0.3) is 5.56 Å². The Bertz CT molecular complexity index is 740. The largest absolute Gasteiger partial charge is 0.481 e. The zero-order valence-corrected chi connectivity index (χ0v) is 12.2. The molecule has 0 spiro atoms. The predicted molar refractivity (Wildman–Crippen MR) is 78.9 cm³/mol. The average molecular weight is 333 g/mol. The van der Waals surface area contributed by atoms with Crippen LogP contribution in [0.1, 0.15) is 5.56 Å². The number of carboxylic acid groups (broad SMARTS) is 1. The number of hydrogen-bond acceptors (Lipinski definition) is 2. The molecule has 0 unspecified atom stereocenters. The average Bonchev–Trinajstić information content (AvgIpc) is 2.38. The van der Waals surface area contributed by atoms with Crippen LogP contribution in [0.25, 0.3) is 11.1 Å². The number of halogens is 3. The molecule has 0 fully saturated rings. The summed E-state index contributed by atoms with van der Waals surface area (Å²) in [6.07, 6.45) is 1.15. The Labute approximate surface area is 128 Å². The molecule has 0 saturated heterocycles. The van der Waals surface area contributed by atoms with Crippen LogP contribution in [0.3, 0.4) is 0 Å². The third kappa shape index (κ3) is 2.98. The molecule has 1 aromatic heterocycles. The number of pyridine rings is 1. The first kappa shape index (κ1) is 14.9. The Kier molecular flexibility index (Phi) is 4.38. The van der Waals surface area contributed by atoms with Crippen LogP contribution < -0.4 is 5.56 Å². The lowest BCUT2D eigenvalue weighted by molar-refractivity contribution is -0.136. The first-order valence-electron chi connectivity index (χ1n) is 5.47. The summed E-state index contributed by atoms with van der Waals surface area (Å²) in [7, 11) is 0. The molecule has 1 aromatic carbocycles. The number of benzene rings is 1. The van der Waals surface area contributed by atoms with Gasteiger partial charge in [-0.3, -0.25) is 9.59 Å². The topological polar surface area (TPSA) is 70.2 Å². The van der Waals surface area contributed by atoms with Gasteiger partial charge in [0.2, 0.25) is 0 Å². The molecule has 0 aliphatic rings. The summed E-state index contributed by atoms with van der Waals surface area (Å²) in [4.78, 5) is 25.1. The van der Waals surface area contributed by atoms with Crippen molar-refractivity contribution < 1.29 is 9.90 Å². The van der Waals surface area contributed by atoms with Gasteiger partial charge in [0, 0.05) is 17.3 Å². The minimum atomic E-state index is -0.997. The molecule has 0 radical (unpaired) electrons. The maximum atomic E-state index is 11.9. The van der Waals surface area contributed by atoms with Crippen molar-refractivity contribution in [1.29, 1.82) is 0 Å². The van der Waals surface area contributed by atoms with Crippen LogP contribution in [0.2, 0.25) is 15.1 Å². The second-order valence-corrected chi connectivity index (χ2v) is 5.21. The first-order chi connectivity index (χ1) is 9.40. The molecular weight excluding hydrogens is 325 g/mol. The summed E-state index contributed by atoms with van der Waals surface area (Å²) < 4.78 is 0. The SMILES string of the molecule is O=C(O)Cc1c[nH]c(=O)c(-c2ccc(Cl)c(Cl)c2Cl)c1. The van der Waals surface area contributed by atoms with Crippen molar-refractivity contribution in [2.45, 2.75) is 6.42 Å². The van der Waals surface area contributed by atoms with Gasteiger partial charge in [-0.15, -0.1) is 0 Å². The molecule has 1 heterocycles. The highest BCUT2D eigenvalue weighted by molar-refractivity contribution is 6.49. The number of carboxylic acids is 1. The Balaban J connectivity index is 2.60. The molecule has 104 valence electrons. The van der Waals surface area contributed by atoms with Gasteiger partial charge in [-0.1, -0.05) is 40.9 Å². The Morgan fingerprint density at radius 3 is 2.50 bits per heavy atom. The van der Waals surface area contributed by atoms with E-state index in [4.69, 9.17) is 39.9 Å². The summed E-state index contributed by atoms with van der Waals surface area (Å²) in [5.74, 6) is -0.997. The van der Waals surface area contributed by atoms with Crippen LogP contribution in [0, 0.1) is 0 Å². The van der Waals surface area contributed by atoms with Gasteiger partial charge in [0.05, 0.1) is 21.5 Å². The first-order valence-corrected chi connectivity index (χ1v) is 6.61. The molecule has 0 amide bonds. The molecule has 2 N–H and O–H groups in total. The summed E-state index contributed by atoms with van der Waals surface area (Å²) in [6, 6.07) is 4.55. The van der Waals surface area contributed by atoms with Gasteiger partial charge >= 0.3 is 5.97 Å². The van der Waals surface area contributed by atoms with Gasteiger partial charge in [-0.05, 0) is 17.7 Å². The van der Waals surface area contributed by atoms with Crippen LogP contribution in [0.15, 0.2) is 29.2 Å². The Morgan fingerprint density at radius 2 is 1.85 bits per heavy atom. The molecule has 7 heteroatoms. The minimum absolute atomic E-state index is 0.147. The molecular formula is C13H8Cl3NO3. The standard InChI is InChI=1S/C13H8Cl3NO3/c14-9-2-1-7(11(15)12(9)16)8-3-6(4-10(18)19)5-17-13(8)20/h1-3,5H,4H2,(H,17,20)(H,18,19). The maximum Gasteiger partial charge on any atom is 0.307 e. The highest BCUT2D eigenvalue weighted by Crippen LogP contribution is 2.37. The lowest BCUT2D eigenvalue weighted by Crippen LogP contribution is -2.11. The fourth-order valence-corrected chi connectivity index (χ4v) is 2.38. The van der Waals surface area contributed by atoms with E-state index < -0.39 is 5.97 Å². The van der Waals surface area contributed by atoms with Crippen LogP contribution in [-0.2, 0) is 11.2 Å². The molecule has 0 aliphatic carbocycles. The Hall–Kier alpha value is -1.49. The number of carbonyl (C=O) groups is 1. The zero-order chi connectivity index (χ0) is 14.9. The van der Waals surface area contributed by atoms with Crippen molar-refractivity contribution >= 4 is 40.8 Å². The highest BCUT2D eigenvalue weighted by Gasteiger charge is 2.14. The monoisotopic (exact) mass is 331 g/mol. The summed E-state index contributed by atoms with van der Waals surface area (Å²) in [5.41, 5.74) is 0.704. The van der Waals surface area contributed by atoms with Crippen molar-refractivity contribution in [1.82, 2.24) is 4.98 Å². The molecule has 0 bridgehead atoms. The van der Waals surface area contributed by atoms with Crippen molar-refractivity contribution in [2.24, 2.45) is 0 Å². The van der Waals surface area contributed by atoms with E-state index in [0.29, 0.717) is 11.1 Å². The normalized spacial score (nSPS) is 10.6. The molecule has 4 nitrogen and oxygen atoms in total. The van der Waals surface area contributed by atoms with Crippen molar-refractivity contribution in [2.75, 3.05) is 0 Å². The van der Waals surface area contributed by atoms with Crippen LogP contribution in [-0.4, -0.2) is 16.1 Å². The van der Waals surface area contributed by atoms with Gasteiger partial charge < -0.3 is 10.1 Å². The van der Waals surface area contributed by atoms with Crippen LogP contribution in [0.4, 0.5) is 0 Å². The molecule has 20 heavy (non-hydrogen) atoms. The summed E-state index contributed by atoms with van der Waals surface area (Å²) in [5, 5.41) is 9.35. The fourth-order valence-electron chi connectivity index (χ4n) is 1.74. The second-order valence-electron chi connectivity index (χ2n) is 4.04. The number of H-pyrrole nitrogens is 1. The van der Waals surface area contributed by atoms with E-state index in [0.717, 1.165) is 0 Å². The van der Waals surface area contributed by atoms with Crippen molar-refractivity contribution in [3.63, 3.8) is 0 Å². The highest BCUT2D eigenvalue weighted by atomic mass is 35.5. The molecule has 0 saturated carbocycles. The lowest BCUT2D eigenvalue weighted by atomic mass is 10.0. The molecule has 2 rings (SSSR count). The van der Waals surface area contributed by atoms with Gasteiger partial charge in [0.15, 0.2) is 0 Å². The summed E-state index contributed by atoms with van der Waals surface area (Å²) >= 11 is 17.8. The lowest BCUT2D eigenvalue weighted by Gasteiger charge is -2.08. The molecule has 0 aliphatic heterocycles. The second kappa shape index (κ2) is 5.87. The number of aromatic nitrogens is 1. The number of nitrogens with one attached hydrogen (secondary N) is 1. The number of rotatable bonds is 3. The van der Waals surface area contributed by atoms with E-state index in [2.05, 4.69) is 4.98 Å². The van der Waals surface area contributed by atoms with E-state index in [1.807, 2.05) is 0 Å². The van der Waals surface area contributed by atoms with E-state index in [1.54, 1.807) is 6.07 Å². The minimum Gasteiger partial charge on any atom is -0.481 e. The third-order valence-electron chi connectivity index (χ3n) is 2.64. The summed E-state index contributed by atoms with van der Waals surface area (Å²) in [6.45, 7) is 0. The maximum absolute atomic E-state index is 11.9. The van der Waals surface area contributed by atoms with Crippen molar-refractivity contribution in [3.8, 4) is 11.1 Å². The third-order valence-corrected chi connectivity index (χ3v) is 3.94. The number of hydrogen-bond donors (Lipinski definition) is 2. The molecule has 2 aromatic rings. The van der Waals surface area contributed by atoms with Crippen molar-refractivity contribution in [3.05, 3.63) is 55.4 Å². The fraction of sp³-hybridized carbons (Fsp3) is 0.0769. The smallest absolute Gasteiger partial charge is 0.307 e. The van der Waals surface area contributed by atoms with E-state index >= 15 is 0 Å². The van der Waals surface area contributed by atoms with E-state index in [9.17, 15) is 9.59 Å². The van der Waals surface area contributed by atoms with E-state index in [1.165, 1.54) is 18.3 Å². The molecule has 0 atom stereocenters. The quantitative estimate of drug-likeness (QED) is 0.843. The van der Waals surface area contributed by atoms with E-state index in [-0.39, 0.29) is 32.6 Å². The Morgan fingerprint density at radius 1 is 1.15 bits per heavy atom. The number of aromatic amines is 1. The van der Waals surface area contributed by atoms with Crippen LogP contribution >= 0.6 is 34.8 Å². The van der Waals surface area contributed by atoms with Gasteiger partial charge in [-0.2, -0.15) is 0 Å². The zero-order valence-electron chi connectivity index (χ0n) is 9.91. The predicted octanol–water partition coefficient (Wildman–Crippen LogP) is 3.63. The van der Waals surface area contributed by atoms with Gasteiger partial charge in [-0.25, -0.2) is 0 Å². The van der Waals surface area contributed by atoms with Gasteiger partial charge in [0.1, 0.15) is 0 Å². The number of aliphatic carboxylic acids is 1.